The molecule has 0 aromatic carbocycles. The van der Waals surface area contributed by atoms with E-state index in [1.165, 1.54) is 17.8 Å². The molecule has 86 valence electrons. The summed E-state index contributed by atoms with van der Waals surface area (Å²) in [4.78, 5) is 4.50. The van der Waals surface area contributed by atoms with Crippen molar-refractivity contribution in [2.24, 2.45) is 0 Å². The van der Waals surface area contributed by atoms with E-state index in [0.29, 0.717) is 6.04 Å². The number of aryl methyl sites for hydroxylation is 1. The first-order chi connectivity index (χ1) is 7.30. The number of hydrogen-bond donors (Lipinski definition) is 1. The van der Waals surface area contributed by atoms with E-state index in [4.69, 9.17) is 0 Å². The van der Waals surface area contributed by atoms with Crippen LogP contribution in [0.3, 0.4) is 0 Å². The second-order valence-electron chi connectivity index (χ2n) is 3.71. The summed E-state index contributed by atoms with van der Waals surface area (Å²) in [6, 6.07) is 0.567. The zero-order valence-corrected chi connectivity index (χ0v) is 10.7. The van der Waals surface area contributed by atoms with E-state index >= 15 is 0 Å². The van der Waals surface area contributed by atoms with Gasteiger partial charge in [0.1, 0.15) is 10.8 Å². The average molecular weight is 227 g/mol. The second kappa shape index (κ2) is 6.90. The van der Waals surface area contributed by atoms with Gasteiger partial charge in [0, 0.05) is 18.9 Å². The van der Waals surface area contributed by atoms with Gasteiger partial charge in [-0.25, -0.2) is 4.98 Å². The van der Waals surface area contributed by atoms with Gasteiger partial charge in [-0.15, -0.1) is 0 Å². The monoisotopic (exact) mass is 227 g/mol. The second-order valence-corrected chi connectivity index (χ2v) is 4.54. The van der Waals surface area contributed by atoms with Crippen LogP contribution in [0.5, 0.6) is 0 Å². The van der Waals surface area contributed by atoms with Crippen LogP contribution in [0.25, 0.3) is 0 Å². The molecule has 1 heterocycles. The zero-order chi connectivity index (χ0) is 11.1. The van der Waals surface area contributed by atoms with Crippen LogP contribution in [0.15, 0.2) is 0 Å². The van der Waals surface area contributed by atoms with Crippen molar-refractivity contribution >= 4 is 11.5 Å². The molecule has 0 aliphatic carbocycles. The zero-order valence-electron chi connectivity index (χ0n) is 9.92. The molecule has 0 fully saturated rings. The minimum absolute atomic E-state index is 0.567. The van der Waals surface area contributed by atoms with Gasteiger partial charge in [-0.1, -0.05) is 27.2 Å². The number of aromatic nitrogens is 2. The molecule has 0 bridgehead atoms. The molecule has 1 unspecified atom stereocenters. The molecule has 0 aliphatic rings. The highest BCUT2D eigenvalue weighted by molar-refractivity contribution is 7.05. The molecular weight excluding hydrogens is 206 g/mol. The summed E-state index contributed by atoms with van der Waals surface area (Å²) in [7, 11) is 0. The number of likely N-dealkylation sites (N-methyl/N-ethyl adjacent to an activating group) is 1. The maximum Gasteiger partial charge on any atom is 0.142 e. The third-order valence-corrected chi connectivity index (χ3v) is 3.15. The lowest BCUT2D eigenvalue weighted by molar-refractivity contribution is 0.485. The Kier molecular flexibility index (Phi) is 5.79. The summed E-state index contributed by atoms with van der Waals surface area (Å²) in [5.41, 5.74) is 0. The SMILES string of the molecule is CCCC(Cc1nc(CC)ns1)NCC. The predicted molar refractivity (Wildman–Crippen MR) is 65.4 cm³/mol. The molecule has 4 heteroatoms. The number of nitrogens with one attached hydrogen (secondary N) is 1. The Bertz CT molecular complexity index is 267. The van der Waals surface area contributed by atoms with Crippen LogP contribution >= 0.6 is 11.5 Å². The minimum atomic E-state index is 0.567. The Morgan fingerprint density at radius 1 is 1.33 bits per heavy atom. The molecular formula is C11H21N3S. The van der Waals surface area contributed by atoms with Gasteiger partial charge in [-0.05, 0) is 24.5 Å². The number of nitrogens with zero attached hydrogens (tertiary/aromatic N) is 2. The van der Waals surface area contributed by atoms with Crippen molar-refractivity contribution in [1.29, 1.82) is 0 Å². The van der Waals surface area contributed by atoms with Crippen LogP contribution in [-0.2, 0) is 12.8 Å². The van der Waals surface area contributed by atoms with E-state index < -0.39 is 0 Å². The maximum atomic E-state index is 4.50. The fourth-order valence-corrected chi connectivity index (χ4v) is 2.44. The van der Waals surface area contributed by atoms with Gasteiger partial charge in [0.05, 0.1) is 0 Å². The van der Waals surface area contributed by atoms with Crippen molar-refractivity contribution in [3.63, 3.8) is 0 Å². The van der Waals surface area contributed by atoms with Gasteiger partial charge < -0.3 is 5.32 Å². The summed E-state index contributed by atoms with van der Waals surface area (Å²) < 4.78 is 4.31. The summed E-state index contributed by atoms with van der Waals surface area (Å²) in [5.74, 6) is 0.988. The highest BCUT2D eigenvalue weighted by atomic mass is 32.1. The number of rotatable bonds is 7. The lowest BCUT2D eigenvalue weighted by Gasteiger charge is -2.14. The van der Waals surface area contributed by atoms with Crippen molar-refractivity contribution in [3.8, 4) is 0 Å². The van der Waals surface area contributed by atoms with Crippen molar-refractivity contribution in [2.45, 2.75) is 52.5 Å². The molecule has 1 rings (SSSR count). The molecule has 0 amide bonds. The van der Waals surface area contributed by atoms with Crippen molar-refractivity contribution < 1.29 is 0 Å². The van der Waals surface area contributed by atoms with Crippen LogP contribution in [0, 0.1) is 0 Å². The molecule has 0 spiro atoms. The van der Waals surface area contributed by atoms with Crippen LogP contribution in [0.1, 0.15) is 44.4 Å². The molecule has 0 saturated carbocycles. The van der Waals surface area contributed by atoms with Gasteiger partial charge >= 0.3 is 0 Å². The normalized spacial score (nSPS) is 13.0. The van der Waals surface area contributed by atoms with E-state index in [-0.39, 0.29) is 0 Å². The van der Waals surface area contributed by atoms with Crippen molar-refractivity contribution in [3.05, 3.63) is 10.8 Å². The van der Waals surface area contributed by atoms with Crippen LogP contribution in [0.4, 0.5) is 0 Å². The highest BCUT2D eigenvalue weighted by Crippen LogP contribution is 2.10. The van der Waals surface area contributed by atoms with Gasteiger partial charge in [0.2, 0.25) is 0 Å². The standard InChI is InChI=1S/C11H21N3S/c1-4-7-9(12-6-3)8-11-13-10(5-2)14-15-11/h9,12H,4-8H2,1-3H3. The van der Waals surface area contributed by atoms with Gasteiger partial charge in [-0.3, -0.25) is 0 Å². The quantitative estimate of drug-likeness (QED) is 0.777. The van der Waals surface area contributed by atoms with Crippen molar-refractivity contribution in [2.75, 3.05) is 6.54 Å². The van der Waals surface area contributed by atoms with E-state index in [0.717, 1.165) is 25.2 Å². The van der Waals surface area contributed by atoms with E-state index in [1.807, 2.05) is 0 Å². The summed E-state index contributed by atoms with van der Waals surface area (Å²) in [6.07, 6.45) is 4.40. The fourth-order valence-electron chi connectivity index (χ4n) is 1.64. The lowest BCUT2D eigenvalue weighted by atomic mass is 10.1. The third-order valence-electron chi connectivity index (χ3n) is 2.38. The molecule has 1 atom stereocenters. The Morgan fingerprint density at radius 3 is 2.67 bits per heavy atom. The van der Waals surface area contributed by atoms with Gasteiger partial charge in [-0.2, -0.15) is 4.37 Å². The first kappa shape index (κ1) is 12.6. The van der Waals surface area contributed by atoms with Gasteiger partial charge in [0.25, 0.3) is 0 Å². The highest BCUT2D eigenvalue weighted by Gasteiger charge is 2.10. The minimum Gasteiger partial charge on any atom is -0.314 e. The Hall–Kier alpha value is -0.480. The predicted octanol–water partition coefficient (Wildman–Crippen LogP) is 2.42. The first-order valence-corrected chi connectivity index (χ1v) is 6.62. The summed E-state index contributed by atoms with van der Waals surface area (Å²) in [5, 5.41) is 4.67. The molecule has 1 aromatic heterocycles. The number of hydrogen-bond acceptors (Lipinski definition) is 4. The molecule has 0 saturated heterocycles. The maximum absolute atomic E-state index is 4.50. The van der Waals surface area contributed by atoms with Gasteiger partial charge in [0.15, 0.2) is 0 Å². The van der Waals surface area contributed by atoms with Crippen LogP contribution in [-0.4, -0.2) is 21.9 Å². The van der Waals surface area contributed by atoms with Crippen LogP contribution < -0.4 is 5.32 Å². The van der Waals surface area contributed by atoms with E-state index in [2.05, 4.69) is 35.4 Å². The molecule has 0 aliphatic heterocycles. The Balaban J connectivity index is 2.48. The molecule has 1 N–H and O–H groups in total. The first-order valence-electron chi connectivity index (χ1n) is 5.84. The topological polar surface area (TPSA) is 37.8 Å². The largest absolute Gasteiger partial charge is 0.314 e. The molecule has 1 aromatic rings. The third kappa shape index (κ3) is 4.26. The summed E-state index contributed by atoms with van der Waals surface area (Å²) in [6.45, 7) is 7.51. The van der Waals surface area contributed by atoms with Crippen molar-refractivity contribution in [1.82, 2.24) is 14.7 Å². The lowest BCUT2D eigenvalue weighted by Crippen LogP contribution is -2.30. The van der Waals surface area contributed by atoms with E-state index in [1.54, 1.807) is 11.5 Å². The Morgan fingerprint density at radius 2 is 2.13 bits per heavy atom. The van der Waals surface area contributed by atoms with E-state index in [9.17, 15) is 0 Å². The summed E-state index contributed by atoms with van der Waals surface area (Å²) >= 11 is 1.55. The average Bonchev–Trinajstić information content (AvgIpc) is 2.66. The van der Waals surface area contributed by atoms with Crippen LogP contribution in [0.2, 0.25) is 0 Å². The molecule has 3 nitrogen and oxygen atoms in total. The molecule has 15 heavy (non-hydrogen) atoms. The molecule has 0 radical (unpaired) electrons. The fraction of sp³-hybridized carbons (Fsp3) is 0.818. The smallest absolute Gasteiger partial charge is 0.142 e. The Labute approximate surface area is 96.5 Å².